The zero-order valence-corrected chi connectivity index (χ0v) is 11.5. The topological polar surface area (TPSA) is 115 Å². The van der Waals surface area contributed by atoms with E-state index in [-0.39, 0.29) is 5.69 Å². The maximum absolute atomic E-state index is 11.1. The fourth-order valence-electron chi connectivity index (χ4n) is 1.46. The third kappa shape index (κ3) is 2.82. The maximum atomic E-state index is 11.1. The van der Waals surface area contributed by atoms with Crippen LogP contribution in [0.15, 0.2) is 12.3 Å². The number of rotatable bonds is 5. The molecule has 0 aliphatic rings. The van der Waals surface area contributed by atoms with Crippen LogP contribution >= 0.6 is 0 Å². The van der Waals surface area contributed by atoms with Crippen LogP contribution in [0.1, 0.15) is 17.4 Å². The van der Waals surface area contributed by atoms with Crippen molar-refractivity contribution < 1.29 is 4.79 Å². The van der Waals surface area contributed by atoms with Gasteiger partial charge in [-0.3, -0.25) is 4.79 Å². The number of carbonyl (C=O) groups excluding carboxylic acids is 1. The zero-order chi connectivity index (χ0) is 14.7. The molecule has 0 bridgehead atoms. The molecule has 0 atom stereocenters. The molecule has 0 saturated heterocycles. The maximum Gasteiger partial charge on any atom is 0.269 e. The van der Waals surface area contributed by atoms with Crippen molar-refractivity contribution in [3.05, 3.63) is 18.0 Å². The van der Waals surface area contributed by atoms with E-state index in [1.807, 2.05) is 21.0 Å². The Morgan fingerprint density at radius 1 is 1.40 bits per heavy atom. The van der Waals surface area contributed by atoms with Gasteiger partial charge in [-0.1, -0.05) is 0 Å². The Kier molecular flexibility index (Phi) is 3.78. The highest BCUT2D eigenvalue weighted by atomic mass is 16.1. The van der Waals surface area contributed by atoms with Gasteiger partial charge < -0.3 is 16.0 Å². The summed E-state index contributed by atoms with van der Waals surface area (Å²) < 4.78 is 1.38. The van der Waals surface area contributed by atoms with Crippen LogP contribution in [-0.2, 0) is 0 Å². The number of carbonyl (C=O) groups is 1. The molecule has 3 N–H and O–H groups in total. The summed E-state index contributed by atoms with van der Waals surface area (Å²) in [5.74, 6) is 0.643. The predicted molar refractivity (Wildman–Crippen MR) is 74.0 cm³/mol. The monoisotopic (exact) mass is 276 g/mol. The lowest BCUT2D eigenvalue weighted by Crippen LogP contribution is -2.18. The summed E-state index contributed by atoms with van der Waals surface area (Å²) in [4.78, 5) is 25.6. The first kappa shape index (κ1) is 13.7. The molecule has 0 aliphatic heterocycles. The Bertz CT molecular complexity index is 621. The Morgan fingerprint density at radius 2 is 2.15 bits per heavy atom. The standard InChI is InChI=1S/C11H16N8O/c1-4-13-9-14-10(18(2)3)16-11(15-9)19-6-5-7(17-19)8(12)20/h5-6H,4H2,1-3H3,(H2,12,20)(H,13,14,15,16). The fraction of sp³-hybridized carbons (Fsp3) is 0.364. The molecule has 0 fully saturated rings. The third-order valence-electron chi connectivity index (χ3n) is 2.39. The summed E-state index contributed by atoms with van der Waals surface area (Å²) in [6.07, 6.45) is 1.57. The molecule has 0 radical (unpaired) electrons. The van der Waals surface area contributed by atoms with Crippen LogP contribution < -0.4 is 16.0 Å². The van der Waals surface area contributed by atoms with Crippen molar-refractivity contribution >= 4 is 17.8 Å². The largest absolute Gasteiger partial charge is 0.364 e. The molecular weight excluding hydrogens is 260 g/mol. The van der Waals surface area contributed by atoms with Crippen molar-refractivity contribution in [2.24, 2.45) is 5.73 Å². The van der Waals surface area contributed by atoms with Gasteiger partial charge in [-0.25, -0.2) is 4.68 Å². The number of primary amides is 1. The number of anilines is 2. The molecule has 0 spiro atoms. The van der Waals surface area contributed by atoms with Crippen molar-refractivity contribution in [3.8, 4) is 5.95 Å². The van der Waals surface area contributed by atoms with Crippen molar-refractivity contribution in [2.75, 3.05) is 30.9 Å². The van der Waals surface area contributed by atoms with Crippen molar-refractivity contribution in [1.29, 1.82) is 0 Å². The van der Waals surface area contributed by atoms with Gasteiger partial charge in [0.05, 0.1) is 0 Å². The predicted octanol–water partition coefficient (Wildman–Crippen LogP) is -0.346. The lowest BCUT2D eigenvalue weighted by atomic mass is 10.4. The molecule has 9 heteroatoms. The van der Waals surface area contributed by atoms with E-state index in [9.17, 15) is 4.79 Å². The summed E-state index contributed by atoms with van der Waals surface area (Å²) in [5, 5.41) is 7.05. The highest BCUT2D eigenvalue weighted by molar-refractivity contribution is 5.90. The smallest absolute Gasteiger partial charge is 0.269 e. The molecule has 1 amide bonds. The highest BCUT2D eigenvalue weighted by Gasteiger charge is 2.12. The van der Waals surface area contributed by atoms with E-state index in [1.165, 1.54) is 10.7 Å². The summed E-state index contributed by atoms with van der Waals surface area (Å²) in [6.45, 7) is 2.62. The molecule has 0 aromatic carbocycles. The lowest BCUT2D eigenvalue weighted by molar-refractivity contribution is 0.0995. The first-order chi connectivity index (χ1) is 9.51. The van der Waals surface area contributed by atoms with E-state index >= 15 is 0 Å². The van der Waals surface area contributed by atoms with Crippen LogP contribution in [-0.4, -0.2) is 51.3 Å². The second-order valence-corrected chi connectivity index (χ2v) is 4.19. The summed E-state index contributed by atoms with van der Waals surface area (Å²) in [6, 6.07) is 1.51. The molecule has 106 valence electrons. The normalized spacial score (nSPS) is 10.3. The third-order valence-corrected chi connectivity index (χ3v) is 2.39. The number of nitrogens with one attached hydrogen (secondary N) is 1. The molecule has 0 aliphatic carbocycles. The van der Waals surface area contributed by atoms with Crippen LogP contribution in [0.4, 0.5) is 11.9 Å². The summed E-state index contributed by atoms with van der Waals surface area (Å²) >= 11 is 0. The molecule has 0 saturated carbocycles. The SMILES string of the molecule is CCNc1nc(N(C)C)nc(-n2ccc(C(N)=O)n2)n1. The van der Waals surface area contributed by atoms with Gasteiger partial charge in [0.2, 0.25) is 11.9 Å². The molecular formula is C11H16N8O. The molecule has 2 aromatic rings. The Balaban J connectivity index is 2.45. The summed E-state index contributed by atoms with van der Waals surface area (Å²) in [5.41, 5.74) is 5.33. The Morgan fingerprint density at radius 3 is 2.70 bits per heavy atom. The average molecular weight is 276 g/mol. The van der Waals surface area contributed by atoms with Gasteiger partial charge in [-0.05, 0) is 13.0 Å². The van der Waals surface area contributed by atoms with Crippen molar-refractivity contribution in [2.45, 2.75) is 6.92 Å². The van der Waals surface area contributed by atoms with Crippen LogP contribution in [0.2, 0.25) is 0 Å². The van der Waals surface area contributed by atoms with E-state index in [0.717, 1.165) is 0 Å². The van der Waals surface area contributed by atoms with Crippen LogP contribution in [0.25, 0.3) is 5.95 Å². The highest BCUT2D eigenvalue weighted by Crippen LogP contribution is 2.11. The van der Waals surface area contributed by atoms with Gasteiger partial charge in [0.1, 0.15) is 5.69 Å². The first-order valence-electron chi connectivity index (χ1n) is 6.04. The number of amides is 1. The minimum absolute atomic E-state index is 0.154. The first-order valence-corrected chi connectivity index (χ1v) is 6.04. The van der Waals surface area contributed by atoms with E-state index < -0.39 is 5.91 Å². The number of nitrogens with two attached hydrogens (primary N) is 1. The van der Waals surface area contributed by atoms with E-state index in [1.54, 1.807) is 11.1 Å². The number of nitrogens with zero attached hydrogens (tertiary/aromatic N) is 6. The van der Waals surface area contributed by atoms with Gasteiger partial charge in [-0.2, -0.15) is 20.1 Å². The minimum Gasteiger partial charge on any atom is -0.364 e. The number of hydrogen-bond donors (Lipinski definition) is 2. The minimum atomic E-state index is -0.599. The second-order valence-electron chi connectivity index (χ2n) is 4.19. The molecule has 20 heavy (non-hydrogen) atoms. The second kappa shape index (κ2) is 5.51. The van der Waals surface area contributed by atoms with Crippen molar-refractivity contribution in [1.82, 2.24) is 24.7 Å². The summed E-state index contributed by atoms with van der Waals surface area (Å²) in [7, 11) is 3.65. The van der Waals surface area contributed by atoms with E-state index in [4.69, 9.17) is 5.73 Å². The van der Waals surface area contributed by atoms with E-state index in [2.05, 4.69) is 25.4 Å². The van der Waals surface area contributed by atoms with Crippen LogP contribution in [0, 0.1) is 0 Å². The lowest BCUT2D eigenvalue weighted by Gasteiger charge is -2.12. The molecule has 9 nitrogen and oxygen atoms in total. The molecule has 2 heterocycles. The van der Waals surface area contributed by atoms with Gasteiger partial charge in [0.25, 0.3) is 11.9 Å². The van der Waals surface area contributed by atoms with Gasteiger partial charge in [-0.15, -0.1) is 0 Å². The van der Waals surface area contributed by atoms with Gasteiger partial charge in [0.15, 0.2) is 0 Å². The molecule has 0 unspecified atom stereocenters. The quantitative estimate of drug-likeness (QED) is 0.767. The fourth-order valence-corrected chi connectivity index (χ4v) is 1.46. The van der Waals surface area contributed by atoms with Crippen LogP contribution in [0.3, 0.4) is 0 Å². The van der Waals surface area contributed by atoms with Crippen molar-refractivity contribution in [3.63, 3.8) is 0 Å². The number of aromatic nitrogens is 5. The average Bonchev–Trinajstić information content (AvgIpc) is 2.88. The zero-order valence-electron chi connectivity index (χ0n) is 11.5. The molecule has 2 aromatic heterocycles. The molecule has 2 rings (SSSR count). The van der Waals surface area contributed by atoms with Gasteiger partial charge >= 0.3 is 0 Å². The van der Waals surface area contributed by atoms with Gasteiger partial charge in [0, 0.05) is 26.8 Å². The number of hydrogen-bond acceptors (Lipinski definition) is 7. The van der Waals surface area contributed by atoms with E-state index in [0.29, 0.717) is 24.4 Å². The van der Waals surface area contributed by atoms with Crippen LogP contribution in [0.5, 0.6) is 0 Å². The Hall–Kier alpha value is -2.71. The Labute approximate surface area is 115 Å².